The summed E-state index contributed by atoms with van der Waals surface area (Å²) in [6.07, 6.45) is 0. The summed E-state index contributed by atoms with van der Waals surface area (Å²) in [7, 11) is 0. The molecule has 0 radical (unpaired) electrons. The van der Waals surface area contributed by atoms with Gasteiger partial charge in [-0.2, -0.15) is 0 Å². The summed E-state index contributed by atoms with van der Waals surface area (Å²) in [6, 6.07) is 0. The van der Waals surface area contributed by atoms with Gasteiger partial charge >= 0.3 is 122 Å². The Bertz CT molecular complexity index is 154. The Kier molecular flexibility index (Phi) is 7.64. The first-order chi connectivity index (χ1) is 7.45. The van der Waals surface area contributed by atoms with Crippen LogP contribution in [0.3, 0.4) is 0 Å². The molecule has 0 aromatic carbocycles. The summed E-state index contributed by atoms with van der Waals surface area (Å²) < 4.78 is 0. The van der Waals surface area contributed by atoms with Gasteiger partial charge in [-0.05, 0) is 0 Å². The summed E-state index contributed by atoms with van der Waals surface area (Å²) in [5.41, 5.74) is 0. The van der Waals surface area contributed by atoms with Crippen molar-refractivity contribution in [2.75, 3.05) is 11.5 Å². The van der Waals surface area contributed by atoms with Gasteiger partial charge in [0.05, 0.1) is 0 Å². The minimum atomic E-state index is 1.01. The Balaban J connectivity index is 1.23. The molecule has 2 unspecified atom stereocenters. The third-order valence-corrected chi connectivity index (χ3v) is 14.5. The van der Waals surface area contributed by atoms with Crippen LogP contribution in [0.5, 0.6) is 0 Å². The number of rotatable bonds is 10. The van der Waals surface area contributed by atoms with E-state index in [-0.39, 0.29) is 0 Å². The van der Waals surface area contributed by atoms with Gasteiger partial charge in [-0.15, -0.1) is 0 Å². The average molecular weight is 439 g/mol. The predicted octanol–water partition coefficient (Wildman–Crippen LogP) is 2.84. The molecule has 0 amide bonds. The molecular weight excluding hydrogens is 421 g/mol. The number of thioether (sulfide) groups is 2. The quantitative estimate of drug-likeness (QED) is 0.292. The fraction of sp³-hybridized carbons (Fsp3) is 1.00. The van der Waals surface area contributed by atoms with Crippen molar-refractivity contribution in [3.63, 3.8) is 0 Å². The first kappa shape index (κ1) is 13.7. The zero-order chi connectivity index (χ0) is 10.3. The monoisotopic (exact) mass is 442 g/mol. The molecule has 2 aliphatic rings. The molecule has 2 saturated heterocycles. The molecule has 2 heterocycles. The Hall–Kier alpha value is 2.26. The standard InChI is InChI=1S/C10H18S2Se3/c1(3-14-7-9-5-11-9)13-2-4-15-8-10-6-12-10/h9-10H,1-8H2. The van der Waals surface area contributed by atoms with Crippen molar-refractivity contribution in [3.05, 3.63) is 0 Å². The van der Waals surface area contributed by atoms with Crippen LogP contribution in [0.1, 0.15) is 0 Å². The average Bonchev–Trinajstić information content (AvgIpc) is 3.10. The molecule has 2 atom stereocenters. The van der Waals surface area contributed by atoms with Crippen molar-refractivity contribution in [1.82, 2.24) is 0 Å². The van der Waals surface area contributed by atoms with Crippen LogP contribution in [-0.2, 0) is 0 Å². The number of hydrogen-bond donors (Lipinski definition) is 0. The molecule has 2 fully saturated rings. The predicted molar refractivity (Wildman–Crippen MR) is 78.6 cm³/mol. The summed E-state index contributed by atoms with van der Waals surface area (Å²) >= 11 is 7.37. The molecule has 5 heteroatoms. The molecule has 2 rings (SSSR count). The van der Waals surface area contributed by atoms with Crippen molar-refractivity contribution < 1.29 is 0 Å². The van der Waals surface area contributed by atoms with E-state index in [1.807, 2.05) is 0 Å². The fourth-order valence-electron chi connectivity index (χ4n) is 1.10. The van der Waals surface area contributed by atoms with Crippen LogP contribution in [0, 0.1) is 0 Å². The molecule has 0 aromatic heterocycles. The number of hydrogen-bond acceptors (Lipinski definition) is 2. The van der Waals surface area contributed by atoms with E-state index >= 15 is 0 Å². The van der Waals surface area contributed by atoms with E-state index in [0.29, 0.717) is 0 Å². The Morgan fingerprint density at radius 1 is 0.733 bits per heavy atom. The van der Waals surface area contributed by atoms with Gasteiger partial charge in [-0.1, -0.05) is 0 Å². The minimum absolute atomic E-state index is 1.01. The second-order valence-corrected chi connectivity index (χ2v) is 13.7. The van der Waals surface area contributed by atoms with Gasteiger partial charge in [0.2, 0.25) is 0 Å². The molecule has 0 saturated carbocycles. The van der Waals surface area contributed by atoms with Crippen LogP contribution >= 0.6 is 23.5 Å². The SMILES string of the molecule is C(C[Se]CC1CS1)[Se]CC[Se]CC1CS1. The van der Waals surface area contributed by atoms with Crippen molar-refractivity contribution >= 4 is 68.4 Å². The van der Waals surface area contributed by atoms with Gasteiger partial charge in [0, 0.05) is 0 Å². The van der Waals surface area contributed by atoms with Crippen LogP contribution in [0.25, 0.3) is 0 Å². The maximum absolute atomic E-state index is 2.17. The first-order valence-corrected chi connectivity index (χ1v) is 14.8. The van der Waals surface area contributed by atoms with Crippen LogP contribution in [-0.4, -0.2) is 66.9 Å². The molecular formula is C10H18S2Se3. The van der Waals surface area contributed by atoms with Gasteiger partial charge < -0.3 is 0 Å². The topological polar surface area (TPSA) is 0 Å². The third kappa shape index (κ3) is 8.05. The molecule has 0 N–H and O–H groups in total. The zero-order valence-electron chi connectivity index (χ0n) is 8.85. The third-order valence-electron chi connectivity index (χ3n) is 2.16. The van der Waals surface area contributed by atoms with E-state index in [1.165, 1.54) is 11.5 Å². The Labute approximate surface area is 121 Å². The van der Waals surface area contributed by atoms with Crippen molar-refractivity contribution in [2.45, 2.75) is 42.4 Å². The molecule has 0 nitrogen and oxygen atoms in total. The van der Waals surface area contributed by atoms with E-state index in [2.05, 4.69) is 23.5 Å². The Morgan fingerprint density at radius 2 is 1.13 bits per heavy atom. The summed E-state index contributed by atoms with van der Waals surface area (Å²) in [5, 5.41) is 11.8. The fourth-order valence-corrected chi connectivity index (χ4v) is 13.5. The normalized spacial score (nSPS) is 28.0. The van der Waals surface area contributed by atoms with Crippen LogP contribution in [0.2, 0.25) is 31.9 Å². The molecule has 15 heavy (non-hydrogen) atoms. The summed E-state index contributed by atoms with van der Waals surface area (Å²) in [4.78, 5) is 0. The molecule has 0 aromatic rings. The maximum atomic E-state index is 2.17. The molecule has 88 valence electrons. The van der Waals surface area contributed by atoms with Crippen LogP contribution in [0.15, 0.2) is 0 Å². The van der Waals surface area contributed by atoms with E-state index in [9.17, 15) is 0 Å². The van der Waals surface area contributed by atoms with Gasteiger partial charge in [-0.3, -0.25) is 0 Å². The van der Waals surface area contributed by atoms with E-state index in [0.717, 1.165) is 55.4 Å². The first-order valence-electron chi connectivity index (χ1n) is 5.41. The molecule has 0 aliphatic carbocycles. The summed E-state index contributed by atoms with van der Waals surface area (Å²) in [6.45, 7) is 0. The van der Waals surface area contributed by atoms with Gasteiger partial charge in [0.1, 0.15) is 0 Å². The molecule has 0 bridgehead atoms. The van der Waals surface area contributed by atoms with Crippen molar-refractivity contribution in [3.8, 4) is 0 Å². The van der Waals surface area contributed by atoms with Crippen LogP contribution < -0.4 is 0 Å². The van der Waals surface area contributed by atoms with Crippen LogP contribution in [0.4, 0.5) is 0 Å². The van der Waals surface area contributed by atoms with E-state index in [4.69, 9.17) is 0 Å². The van der Waals surface area contributed by atoms with E-state index in [1.54, 1.807) is 31.9 Å². The van der Waals surface area contributed by atoms with E-state index < -0.39 is 0 Å². The van der Waals surface area contributed by atoms with Crippen molar-refractivity contribution in [2.24, 2.45) is 0 Å². The summed E-state index contributed by atoms with van der Waals surface area (Å²) in [5.74, 6) is 2.96. The second-order valence-electron chi connectivity index (χ2n) is 3.67. The molecule has 0 spiro atoms. The zero-order valence-corrected chi connectivity index (χ0v) is 15.6. The molecule has 2 aliphatic heterocycles. The van der Waals surface area contributed by atoms with Gasteiger partial charge in [0.25, 0.3) is 0 Å². The van der Waals surface area contributed by atoms with Gasteiger partial charge in [0.15, 0.2) is 0 Å². The Morgan fingerprint density at radius 3 is 1.53 bits per heavy atom. The van der Waals surface area contributed by atoms with Crippen molar-refractivity contribution in [1.29, 1.82) is 0 Å². The second kappa shape index (κ2) is 8.38. The van der Waals surface area contributed by atoms with Gasteiger partial charge in [-0.25, -0.2) is 0 Å².